The van der Waals surface area contributed by atoms with Gasteiger partial charge in [0, 0.05) is 25.2 Å². The Labute approximate surface area is 132 Å². The zero-order valence-corrected chi connectivity index (χ0v) is 13.6. The SMILES string of the molecule is CC1NCCN(S(=O)(=O)c2ccc(C(F)(F)F)cc2Cl)C1C. The van der Waals surface area contributed by atoms with Crippen molar-refractivity contribution in [2.24, 2.45) is 0 Å². The maximum absolute atomic E-state index is 12.7. The van der Waals surface area contributed by atoms with Crippen LogP contribution in [0.25, 0.3) is 0 Å². The third-order valence-corrected chi connectivity index (χ3v) is 6.29. The van der Waals surface area contributed by atoms with Gasteiger partial charge in [-0.1, -0.05) is 11.6 Å². The average Bonchev–Trinajstić information content (AvgIpc) is 2.40. The summed E-state index contributed by atoms with van der Waals surface area (Å²) in [5, 5.41) is 2.72. The third-order valence-electron chi connectivity index (χ3n) is 3.82. The Morgan fingerprint density at radius 3 is 2.50 bits per heavy atom. The van der Waals surface area contributed by atoms with Gasteiger partial charge in [0.25, 0.3) is 0 Å². The van der Waals surface area contributed by atoms with E-state index in [1.54, 1.807) is 6.92 Å². The lowest BCUT2D eigenvalue weighted by Crippen LogP contribution is -2.57. The van der Waals surface area contributed by atoms with Gasteiger partial charge in [0.1, 0.15) is 4.90 Å². The first-order valence-electron chi connectivity index (χ1n) is 6.67. The van der Waals surface area contributed by atoms with E-state index in [-0.39, 0.29) is 23.5 Å². The van der Waals surface area contributed by atoms with E-state index >= 15 is 0 Å². The minimum absolute atomic E-state index is 0.0586. The van der Waals surface area contributed by atoms with Crippen molar-refractivity contribution in [3.8, 4) is 0 Å². The Morgan fingerprint density at radius 2 is 1.95 bits per heavy atom. The molecule has 1 fully saturated rings. The van der Waals surface area contributed by atoms with E-state index in [2.05, 4.69) is 5.32 Å². The van der Waals surface area contributed by atoms with Crippen molar-refractivity contribution in [2.45, 2.75) is 37.0 Å². The van der Waals surface area contributed by atoms with Crippen molar-refractivity contribution in [1.29, 1.82) is 0 Å². The molecule has 9 heteroatoms. The normalized spacial score (nSPS) is 24.5. The molecule has 2 rings (SSSR count). The number of hydrogen-bond donors (Lipinski definition) is 1. The fourth-order valence-corrected chi connectivity index (χ4v) is 4.60. The lowest BCUT2D eigenvalue weighted by Gasteiger charge is -2.37. The second-order valence-corrected chi connectivity index (χ2v) is 7.51. The number of nitrogens with zero attached hydrogens (tertiary/aromatic N) is 1. The van der Waals surface area contributed by atoms with Gasteiger partial charge in [-0.2, -0.15) is 17.5 Å². The van der Waals surface area contributed by atoms with Crippen LogP contribution in [-0.2, 0) is 16.2 Å². The van der Waals surface area contributed by atoms with Crippen molar-refractivity contribution in [3.63, 3.8) is 0 Å². The first-order valence-corrected chi connectivity index (χ1v) is 8.49. The van der Waals surface area contributed by atoms with Crippen LogP contribution < -0.4 is 5.32 Å². The van der Waals surface area contributed by atoms with Crippen LogP contribution in [0.15, 0.2) is 23.1 Å². The second-order valence-electron chi connectivity index (χ2n) is 5.24. The molecule has 1 aromatic carbocycles. The summed E-state index contributed by atoms with van der Waals surface area (Å²) in [4.78, 5) is -0.303. The summed E-state index contributed by atoms with van der Waals surface area (Å²) in [5.41, 5.74) is -0.974. The fraction of sp³-hybridized carbons (Fsp3) is 0.538. The monoisotopic (exact) mass is 356 g/mol. The number of benzene rings is 1. The summed E-state index contributed by atoms with van der Waals surface area (Å²) in [6.45, 7) is 4.31. The molecular formula is C13H16ClF3N2O2S. The van der Waals surface area contributed by atoms with E-state index in [1.807, 2.05) is 6.92 Å². The van der Waals surface area contributed by atoms with Gasteiger partial charge in [-0.3, -0.25) is 0 Å². The lowest BCUT2D eigenvalue weighted by molar-refractivity contribution is -0.137. The molecule has 0 spiro atoms. The molecule has 1 aliphatic rings. The summed E-state index contributed by atoms with van der Waals surface area (Å²) in [6, 6.07) is 1.91. The van der Waals surface area contributed by atoms with E-state index < -0.39 is 26.8 Å². The van der Waals surface area contributed by atoms with Gasteiger partial charge in [-0.25, -0.2) is 8.42 Å². The second kappa shape index (κ2) is 5.99. The summed E-state index contributed by atoms with van der Waals surface area (Å²) in [7, 11) is -3.94. The third kappa shape index (κ3) is 3.24. The van der Waals surface area contributed by atoms with Crippen LogP contribution in [0.4, 0.5) is 13.2 Å². The minimum Gasteiger partial charge on any atom is -0.311 e. The Hall–Kier alpha value is -0.830. The highest BCUT2D eigenvalue weighted by Gasteiger charge is 2.37. The molecule has 0 aliphatic carbocycles. The van der Waals surface area contributed by atoms with Crippen molar-refractivity contribution in [3.05, 3.63) is 28.8 Å². The topological polar surface area (TPSA) is 49.4 Å². The summed E-state index contributed by atoms with van der Waals surface area (Å²) in [6.07, 6.45) is -4.57. The number of halogens is 4. The van der Waals surface area contributed by atoms with Gasteiger partial charge in [0.05, 0.1) is 10.6 Å². The highest BCUT2D eigenvalue weighted by molar-refractivity contribution is 7.89. The number of alkyl halides is 3. The van der Waals surface area contributed by atoms with E-state index in [9.17, 15) is 21.6 Å². The van der Waals surface area contributed by atoms with E-state index in [0.717, 1.165) is 12.1 Å². The van der Waals surface area contributed by atoms with Gasteiger partial charge in [-0.05, 0) is 32.0 Å². The van der Waals surface area contributed by atoms with Crippen LogP contribution in [0.2, 0.25) is 5.02 Å². The summed E-state index contributed by atoms with van der Waals surface area (Å²) >= 11 is 5.80. The van der Waals surface area contributed by atoms with E-state index in [0.29, 0.717) is 12.6 Å². The molecule has 1 heterocycles. The van der Waals surface area contributed by atoms with Gasteiger partial charge >= 0.3 is 6.18 Å². The van der Waals surface area contributed by atoms with Crippen LogP contribution in [0, 0.1) is 0 Å². The van der Waals surface area contributed by atoms with Crippen molar-refractivity contribution in [2.75, 3.05) is 13.1 Å². The van der Waals surface area contributed by atoms with Gasteiger partial charge in [-0.15, -0.1) is 0 Å². The molecule has 1 saturated heterocycles. The zero-order valence-electron chi connectivity index (χ0n) is 12.0. The number of piperazine rings is 1. The zero-order chi connectivity index (χ0) is 16.7. The predicted octanol–water partition coefficient (Wildman–Crippen LogP) is 2.73. The Kier molecular flexibility index (Phi) is 4.77. The van der Waals surface area contributed by atoms with Crippen molar-refractivity contribution < 1.29 is 21.6 Å². The predicted molar refractivity (Wildman–Crippen MR) is 77.3 cm³/mol. The number of sulfonamides is 1. The molecule has 1 aliphatic heterocycles. The smallest absolute Gasteiger partial charge is 0.311 e. The molecule has 1 aromatic rings. The molecule has 22 heavy (non-hydrogen) atoms. The first-order chi connectivity index (χ1) is 10.0. The van der Waals surface area contributed by atoms with Gasteiger partial charge in [0.2, 0.25) is 10.0 Å². The Morgan fingerprint density at radius 1 is 1.32 bits per heavy atom. The molecule has 2 unspecified atom stereocenters. The fourth-order valence-electron chi connectivity index (χ4n) is 2.38. The van der Waals surface area contributed by atoms with Crippen molar-refractivity contribution in [1.82, 2.24) is 9.62 Å². The Bertz CT molecular complexity index is 664. The highest BCUT2D eigenvalue weighted by Crippen LogP contribution is 2.34. The minimum atomic E-state index is -4.57. The Balaban J connectivity index is 2.42. The van der Waals surface area contributed by atoms with Crippen molar-refractivity contribution >= 4 is 21.6 Å². The molecule has 0 bridgehead atoms. The van der Waals surface area contributed by atoms with Crippen LogP contribution in [-0.4, -0.2) is 37.9 Å². The molecule has 124 valence electrons. The van der Waals surface area contributed by atoms with Crippen LogP contribution in [0.1, 0.15) is 19.4 Å². The van der Waals surface area contributed by atoms with E-state index in [1.165, 1.54) is 4.31 Å². The summed E-state index contributed by atoms with van der Waals surface area (Å²) < 4.78 is 64.5. The maximum atomic E-state index is 12.7. The summed E-state index contributed by atoms with van der Waals surface area (Å²) in [5.74, 6) is 0. The number of rotatable bonds is 2. The average molecular weight is 357 g/mol. The molecule has 4 nitrogen and oxygen atoms in total. The molecule has 1 N–H and O–H groups in total. The molecule has 0 amide bonds. The first kappa shape index (κ1) is 17.5. The van der Waals surface area contributed by atoms with Crippen LogP contribution >= 0.6 is 11.6 Å². The van der Waals surface area contributed by atoms with Gasteiger partial charge in [0.15, 0.2) is 0 Å². The quantitative estimate of drug-likeness (QED) is 0.886. The molecule has 0 aromatic heterocycles. The lowest BCUT2D eigenvalue weighted by atomic mass is 10.1. The molecule has 0 radical (unpaired) electrons. The number of hydrogen-bond acceptors (Lipinski definition) is 3. The molecular weight excluding hydrogens is 341 g/mol. The number of nitrogens with one attached hydrogen (secondary N) is 1. The molecule has 0 saturated carbocycles. The van der Waals surface area contributed by atoms with Gasteiger partial charge < -0.3 is 5.32 Å². The standard InChI is InChI=1S/C13H16ClF3N2O2S/c1-8-9(2)19(6-5-18-8)22(20,21)12-4-3-10(7-11(12)14)13(15,16)17/h3-4,7-9,18H,5-6H2,1-2H3. The van der Waals surface area contributed by atoms with E-state index in [4.69, 9.17) is 11.6 Å². The largest absolute Gasteiger partial charge is 0.416 e. The van der Waals surface area contributed by atoms with Crippen LogP contribution in [0.5, 0.6) is 0 Å². The maximum Gasteiger partial charge on any atom is 0.416 e. The highest BCUT2D eigenvalue weighted by atomic mass is 35.5. The molecule has 2 atom stereocenters. The van der Waals surface area contributed by atoms with Crippen LogP contribution in [0.3, 0.4) is 0 Å².